The molecule has 1 saturated heterocycles. The van der Waals surface area contributed by atoms with Gasteiger partial charge in [0.25, 0.3) is 0 Å². The van der Waals surface area contributed by atoms with E-state index >= 15 is 0 Å². The normalized spacial score (nSPS) is 41.3. The second-order valence-corrected chi connectivity index (χ2v) is 4.82. The molecule has 1 aliphatic rings. The van der Waals surface area contributed by atoms with Gasteiger partial charge in [-0.25, -0.2) is 0 Å². The molecule has 5 N–H and O–H groups in total. The number of nitrogens with one attached hydrogen (secondary N) is 1. The lowest BCUT2D eigenvalue weighted by molar-refractivity contribution is -0.122. The molecule has 1 rings (SSSR count). The summed E-state index contributed by atoms with van der Waals surface area (Å²) >= 11 is 0.929. The van der Waals surface area contributed by atoms with Gasteiger partial charge in [-0.15, -0.1) is 11.8 Å². The van der Waals surface area contributed by atoms with Crippen LogP contribution in [0.4, 0.5) is 0 Å². The molecular weight excluding hydrogens is 222 g/mol. The minimum atomic E-state index is -1.28. The molecule has 0 spiro atoms. The minimum Gasteiger partial charge on any atom is -0.395 e. The molecule has 0 aromatic heterocycles. The number of aliphatic hydroxyl groups is 4. The van der Waals surface area contributed by atoms with Gasteiger partial charge in [-0.2, -0.15) is 0 Å². The number of rotatable bonds is 2. The molecule has 1 heterocycles. The van der Waals surface area contributed by atoms with Crippen molar-refractivity contribution in [2.45, 2.75) is 35.9 Å². The third-order valence-corrected chi connectivity index (χ3v) is 3.62. The molecule has 0 radical (unpaired) electrons. The van der Waals surface area contributed by atoms with Crippen LogP contribution < -0.4 is 5.32 Å². The quantitative estimate of drug-likeness (QED) is 0.367. The first-order valence-corrected chi connectivity index (χ1v) is 5.49. The highest BCUT2D eigenvalue weighted by Crippen LogP contribution is 2.30. The van der Waals surface area contributed by atoms with E-state index in [-0.39, 0.29) is 6.61 Å². The fraction of sp³-hybridized carbons (Fsp3) is 0.875. The van der Waals surface area contributed by atoms with Gasteiger partial charge in [0.05, 0.1) is 24.0 Å². The van der Waals surface area contributed by atoms with E-state index in [4.69, 9.17) is 5.11 Å². The van der Waals surface area contributed by atoms with E-state index in [2.05, 4.69) is 5.32 Å². The predicted molar refractivity (Wildman–Crippen MR) is 54.1 cm³/mol. The SMILES string of the molecule is CC(=O)NC1C(O)SC(CO)[C@@H](O)[C@@H]1O. The standard InChI is InChI=1S/C8H15NO5S/c1-3(11)9-5-7(13)6(12)4(2-10)15-8(5)14/h4-8,10,12-14H,2H2,1H3,(H,9,11)/t4?,5?,6-,7-,8?/m1/s1. The van der Waals surface area contributed by atoms with Crippen molar-refractivity contribution in [2.24, 2.45) is 0 Å². The van der Waals surface area contributed by atoms with Crippen LogP contribution >= 0.6 is 11.8 Å². The summed E-state index contributed by atoms with van der Waals surface area (Å²) in [6, 6.07) is -0.912. The van der Waals surface area contributed by atoms with Crippen molar-refractivity contribution < 1.29 is 25.2 Å². The Balaban J connectivity index is 2.70. The summed E-state index contributed by atoms with van der Waals surface area (Å²) in [6.07, 6.45) is -2.44. The molecule has 0 saturated carbocycles. The molecule has 6 nitrogen and oxygen atoms in total. The second kappa shape index (κ2) is 5.13. The van der Waals surface area contributed by atoms with E-state index in [1.807, 2.05) is 0 Å². The van der Waals surface area contributed by atoms with Crippen molar-refractivity contribution in [2.75, 3.05) is 6.61 Å². The van der Waals surface area contributed by atoms with E-state index < -0.39 is 34.8 Å². The van der Waals surface area contributed by atoms with E-state index in [9.17, 15) is 20.1 Å². The van der Waals surface area contributed by atoms with Gasteiger partial charge < -0.3 is 25.7 Å². The smallest absolute Gasteiger partial charge is 0.217 e. The zero-order chi connectivity index (χ0) is 11.6. The molecule has 1 aliphatic heterocycles. The minimum absolute atomic E-state index is 0.341. The molecule has 15 heavy (non-hydrogen) atoms. The first-order chi connectivity index (χ1) is 6.97. The van der Waals surface area contributed by atoms with Crippen LogP contribution in [-0.4, -0.2) is 61.9 Å². The molecule has 3 unspecified atom stereocenters. The molecule has 0 aromatic rings. The van der Waals surface area contributed by atoms with E-state index in [1.54, 1.807) is 0 Å². The summed E-state index contributed by atoms with van der Waals surface area (Å²) in [6.45, 7) is 0.918. The second-order valence-electron chi connectivity index (χ2n) is 3.46. The highest BCUT2D eigenvalue weighted by Gasteiger charge is 2.43. The van der Waals surface area contributed by atoms with Crippen molar-refractivity contribution in [1.29, 1.82) is 0 Å². The van der Waals surface area contributed by atoms with Crippen LogP contribution in [0, 0.1) is 0 Å². The molecule has 1 amide bonds. The number of carbonyl (C=O) groups excluding carboxylic acids is 1. The van der Waals surface area contributed by atoms with Crippen LogP contribution in [-0.2, 0) is 4.79 Å². The van der Waals surface area contributed by atoms with Gasteiger partial charge in [-0.05, 0) is 0 Å². The monoisotopic (exact) mass is 237 g/mol. The Morgan fingerprint density at radius 3 is 2.40 bits per heavy atom. The van der Waals surface area contributed by atoms with Gasteiger partial charge in [-0.3, -0.25) is 4.79 Å². The fourth-order valence-electron chi connectivity index (χ4n) is 1.49. The lowest BCUT2D eigenvalue weighted by Crippen LogP contribution is -2.60. The fourth-order valence-corrected chi connectivity index (χ4v) is 2.65. The maximum Gasteiger partial charge on any atom is 0.217 e. The van der Waals surface area contributed by atoms with Crippen molar-refractivity contribution >= 4 is 17.7 Å². The maximum atomic E-state index is 10.8. The van der Waals surface area contributed by atoms with Crippen molar-refractivity contribution in [3.63, 3.8) is 0 Å². The molecule has 0 bridgehead atoms. The van der Waals surface area contributed by atoms with Crippen molar-refractivity contribution in [3.05, 3.63) is 0 Å². The Kier molecular flexibility index (Phi) is 4.35. The topological polar surface area (TPSA) is 110 Å². The molecular formula is C8H15NO5S. The highest BCUT2D eigenvalue weighted by molar-refractivity contribution is 8.00. The van der Waals surface area contributed by atoms with Gasteiger partial charge in [-0.1, -0.05) is 0 Å². The summed E-state index contributed by atoms with van der Waals surface area (Å²) in [5, 5.41) is 39.3. The number of carbonyl (C=O) groups is 1. The zero-order valence-electron chi connectivity index (χ0n) is 8.20. The van der Waals surface area contributed by atoms with Crippen molar-refractivity contribution in [1.82, 2.24) is 5.32 Å². The molecule has 0 aromatic carbocycles. The van der Waals surface area contributed by atoms with Gasteiger partial charge in [0.1, 0.15) is 11.5 Å². The van der Waals surface area contributed by atoms with Crippen molar-refractivity contribution in [3.8, 4) is 0 Å². The van der Waals surface area contributed by atoms with Crippen LogP contribution in [0.3, 0.4) is 0 Å². The number of hydrogen-bond donors (Lipinski definition) is 5. The third kappa shape index (κ3) is 2.82. The molecule has 5 atom stereocenters. The Morgan fingerprint density at radius 1 is 1.33 bits per heavy atom. The molecule has 0 aliphatic carbocycles. The maximum absolute atomic E-state index is 10.8. The summed E-state index contributed by atoms with van der Waals surface area (Å²) in [5.74, 6) is -0.395. The Labute approximate surface area is 91.3 Å². The molecule has 88 valence electrons. The van der Waals surface area contributed by atoms with Crippen LogP contribution in [0.1, 0.15) is 6.92 Å². The first-order valence-electron chi connectivity index (χ1n) is 4.55. The molecule has 1 fully saturated rings. The van der Waals surface area contributed by atoms with Gasteiger partial charge in [0.2, 0.25) is 5.91 Å². The van der Waals surface area contributed by atoms with Crippen LogP contribution in [0.2, 0.25) is 0 Å². The highest BCUT2D eigenvalue weighted by atomic mass is 32.2. The van der Waals surface area contributed by atoms with Crippen LogP contribution in [0.15, 0.2) is 0 Å². The molecule has 7 heteroatoms. The predicted octanol–water partition coefficient (Wildman–Crippen LogP) is -2.36. The average molecular weight is 237 g/mol. The number of amides is 1. The first kappa shape index (κ1) is 12.7. The zero-order valence-corrected chi connectivity index (χ0v) is 9.02. The largest absolute Gasteiger partial charge is 0.395 e. The summed E-state index contributed by atoms with van der Waals surface area (Å²) in [4.78, 5) is 10.8. The van der Waals surface area contributed by atoms with Gasteiger partial charge >= 0.3 is 0 Å². The third-order valence-electron chi connectivity index (χ3n) is 2.27. The van der Waals surface area contributed by atoms with E-state index in [0.717, 1.165) is 11.8 Å². The number of hydrogen-bond acceptors (Lipinski definition) is 6. The number of aliphatic hydroxyl groups excluding tert-OH is 4. The Morgan fingerprint density at radius 2 is 1.93 bits per heavy atom. The summed E-state index contributed by atoms with van der Waals surface area (Å²) in [7, 11) is 0. The Bertz CT molecular complexity index is 239. The van der Waals surface area contributed by atoms with Gasteiger partial charge in [0.15, 0.2) is 0 Å². The lowest BCUT2D eigenvalue weighted by atomic mass is 10.0. The van der Waals surface area contributed by atoms with Gasteiger partial charge in [0, 0.05) is 6.92 Å². The summed E-state index contributed by atoms with van der Waals surface area (Å²) < 4.78 is 0. The van der Waals surface area contributed by atoms with E-state index in [1.165, 1.54) is 6.92 Å². The van der Waals surface area contributed by atoms with Crippen LogP contribution in [0.5, 0.6) is 0 Å². The Hall–Kier alpha value is -0.340. The van der Waals surface area contributed by atoms with E-state index in [0.29, 0.717) is 0 Å². The average Bonchev–Trinajstić information content (AvgIpc) is 2.18. The lowest BCUT2D eigenvalue weighted by Gasteiger charge is -2.39. The van der Waals surface area contributed by atoms with Crippen LogP contribution in [0.25, 0.3) is 0 Å². The number of thioether (sulfide) groups is 1. The summed E-state index contributed by atoms with van der Waals surface area (Å²) in [5.41, 5.74) is -1.04.